The number of hydrogen-bond acceptors (Lipinski definition) is 6. The fraction of sp³-hybridized carbons (Fsp3) is 0.533. The molecule has 0 amide bonds. The summed E-state index contributed by atoms with van der Waals surface area (Å²) >= 11 is 3.26. The van der Waals surface area contributed by atoms with Crippen LogP contribution >= 0.6 is 23.1 Å². The summed E-state index contributed by atoms with van der Waals surface area (Å²) in [5.74, 6) is -0.182. The maximum absolute atomic E-state index is 11.8. The van der Waals surface area contributed by atoms with E-state index in [-0.39, 0.29) is 11.2 Å². The van der Waals surface area contributed by atoms with E-state index >= 15 is 0 Å². The van der Waals surface area contributed by atoms with Gasteiger partial charge in [-0.25, -0.2) is 9.97 Å². The summed E-state index contributed by atoms with van der Waals surface area (Å²) in [4.78, 5) is 23.2. The lowest BCUT2D eigenvalue weighted by Gasteiger charge is -2.13. The van der Waals surface area contributed by atoms with Gasteiger partial charge < -0.3 is 4.74 Å². The molecule has 4 nitrogen and oxygen atoms in total. The second-order valence-electron chi connectivity index (χ2n) is 5.08. The van der Waals surface area contributed by atoms with Crippen LogP contribution in [0.4, 0.5) is 0 Å². The second kappa shape index (κ2) is 6.32. The number of esters is 1. The van der Waals surface area contributed by atoms with Gasteiger partial charge >= 0.3 is 5.97 Å². The molecule has 1 atom stereocenters. The highest BCUT2D eigenvalue weighted by molar-refractivity contribution is 8.00. The van der Waals surface area contributed by atoms with E-state index < -0.39 is 0 Å². The largest absolute Gasteiger partial charge is 0.465 e. The number of rotatable bonds is 4. The van der Waals surface area contributed by atoms with Crippen LogP contribution in [0, 0.1) is 0 Å². The summed E-state index contributed by atoms with van der Waals surface area (Å²) in [5.41, 5.74) is 1.40. The summed E-state index contributed by atoms with van der Waals surface area (Å²) < 4.78 is 5.08. The monoisotopic (exact) mass is 322 g/mol. The number of thiophene rings is 1. The highest BCUT2D eigenvalue weighted by Gasteiger charge is 2.23. The number of thioether (sulfide) groups is 1. The Morgan fingerprint density at radius 2 is 2.24 bits per heavy atom. The van der Waals surface area contributed by atoms with E-state index in [9.17, 15) is 4.79 Å². The van der Waals surface area contributed by atoms with Crippen molar-refractivity contribution in [2.75, 3.05) is 6.61 Å². The number of carbonyl (C=O) groups is 1. The van der Waals surface area contributed by atoms with E-state index in [1.54, 1.807) is 17.7 Å². The normalized spacial score (nSPS) is 15.7. The van der Waals surface area contributed by atoms with Gasteiger partial charge in [0.1, 0.15) is 21.4 Å². The molecule has 6 heteroatoms. The molecule has 2 heterocycles. The molecule has 0 bridgehead atoms. The Balaban J connectivity index is 1.95. The summed E-state index contributed by atoms with van der Waals surface area (Å²) in [7, 11) is 0. The Morgan fingerprint density at radius 1 is 1.43 bits per heavy atom. The lowest BCUT2D eigenvalue weighted by atomic mass is 9.97. The van der Waals surface area contributed by atoms with Gasteiger partial charge in [-0.2, -0.15) is 0 Å². The Kier molecular flexibility index (Phi) is 4.45. The van der Waals surface area contributed by atoms with Crippen LogP contribution in [0.5, 0.6) is 0 Å². The van der Waals surface area contributed by atoms with E-state index in [0.717, 1.165) is 22.7 Å². The number of fused-ring (bicyclic) bond motifs is 3. The number of aryl methyl sites for hydroxylation is 2. The molecule has 0 fully saturated rings. The van der Waals surface area contributed by atoms with Crippen LogP contribution in [-0.4, -0.2) is 27.8 Å². The van der Waals surface area contributed by atoms with Crippen LogP contribution in [-0.2, 0) is 22.4 Å². The average molecular weight is 322 g/mol. The fourth-order valence-electron chi connectivity index (χ4n) is 2.63. The van der Waals surface area contributed by atoms with Gasteiger partial charge in [-0.3, -0.25) is 4.79 Å². The van der Waals surface area contributed by atoms with Crippen LogP contribution in [0.1, 0.15) is 37.1 Å². The maximum atomic E-state index is 11.8. The van der Waals surface area contributed by atoms with Crippen molar-refractivity contribution in [2.24, 2.45) is 0 Å². The van der Waals surface area contributed by atoms with Crippen molar-refractivity contribution in [3.05, 3.63) is 16.8 Å². The lowest BCUT2D eigenvalue weighted by molar-refractivity contribution is -0.142. The van der Waals surface area contributed by atoms with Crippen molar-refractivity contribution in [2.45, 2.75) is 49.8 Å². The van der Waals surface area contributed by atoms with Crippen LogP contribution in [0.25, 0.3) is 10.2 Å². The molecule has 1 aliphatic carbocycles. The van der Waals surface area contributed by atoms with E-state index in [1.165, 1.54) is 40.4 Å². The molecular formula is C15H18N2O2S2. The third-order valence-electron chi connectivity index (χ3n) is 3.62. The van der Waals surface area contributed by atoms with Crippen molar-refractivity contribution in [1.29, 1.82) is 0 Å². The molecule has 0 aromatic carbocycles. The van der Waals surface area contributed by atoms with E-state index in [1.807, 2.05) is 13.8 Å². The third-order valence-corrected chi connectivity index (χ3v) is 5.90. The van der Waals surface area contributed by atoms with Crippen LogP contribution in [0.15, 0.2) is 11.4 Å². The molecule has 0 saturated carbocycles. The minimum atomic E-state index is -0.248. The quantitative estimate of drug-likeness (QED) is 0.489. The number of hydrogen-bond donors (Lipinski definition) is 0. The van der Waals surface area contributed by atoms with E-state index in [4.69, 9.17) is 4.74 Å². The lowest BCUT2D eigenvalue weighted by Crippen LogP contribution is -2.16. The molecule has 0 saturated heterocycles. The zero-order valence-corrected chi connectivity index (χ0v) is 13.9. The first-order valence-corrected chi connectivity index (χ1v) is 8.98. The zero-order chi connectivity index (χ0) is 14.8. The first kappa shape index (κ1) is 14.8. The Morgan fingerprint density at radius 3 is 3.05 bits per heavy atom. The molecule has 2 aromatic heterocycles. The van der Waals surface area contributed by atoms with E-state index in [0.29, 0.717) is 6.61 Å². The standard InChI is InChI=1S/C15H18N2O2S2/c1-3-19-15(18)9(2)20-13-12-10-6-4-5-7-11(10)21-14(12)17-8-16-13/h8-9H,3-7H2,1-2H3. The van der Waals surface area contributed by atoms with Gasteiger partial charge in [0, 0.05) is 10.3 Å². The van der Waals surface area contributed by atoms with Gasteiger partial charge in [0.05, 0.1) is 6.61 Å². The summed E-state index contributed by atoms with van der Waals surface area (Å²) in [6.45, 7) is 4.11. The number of ether oxygens (including phenoxy) is 1. The van der Waals surface area contributed by atoms with Gasteiger partial charge in [0.15, 0.2) is 0 Å². The van der Waals surface area contributed by atoms with Gasteiger partial charge in [-0.15, -0.1) is 11.3 Å². The third kappa shape index (κ3) is 2.92. The number of aromatic nitrogens is 2. The van der Waals surface area contributed by atoms with Crippen molar-refractivity contribution < 1.29 is 9.53 Å². The highest BCUT2D eigenvalue weighted by atomic mass is 32.2. The molecule has 112 valence electrons. The summed E-state index contributed by atoms with van der Waals surface area (Å²) in [6.07, 6.45) is 6.34. The summed E-state index contributed by atoms with van der Waals surface area (Å²) in [5, 5.41) is 1.83. The predicted molar refractivity (Wildman–Crippen MR) is 86.0 cm³/mol. The van der Waals surface area contributed by atoms with Crippen molar-refractivity contribution in [1.82, 2.24) is 9.97 Å². The topological polar surface area (TPSA) is 52.1 Å². The number of nitrogens with zero attached hydrogens (tertiary/aromatic N) is 2. The SMILES string of the molecule is CCOC(=O)C(C)Sc1ncnc2sc3c(c12)CCCC3. The van der Waals surface area contributed by atoms with Crippen molar-refractivity contribution >= 4 is 39.3 Å². The van der Waals surface area contributed by atoms with Crippen molar-refractivity contribution in [3.63, 3.8) is 0 Å². The molecule has 21 heavy (non-hydrogen) atoms. The number of carbonyl (C=O) groups excluding carboxylic acids is 1. The Bertz CT molecular complexity index is 669. The second-order valence-corrected chi connectivity index (χ2v) is 7.50. The van der Waals surface area contributed by atoms with E-state index in [2.05, 4.69) is 9.97 Å². The Labute approximate surface area is 132 Å². The van der Waals surface area contributed by atoms with Crippen LogP contribution in [0.3, 0.4) is 0 Å². The summed E-state index contributed by atoms with van der Waals surface area (Å²) in [6, 6.07) is 0. The minimum absolute atomic E-state index is 0.182. The van der Waals surface area contributed by atoms with Gasteiger partial charge in [0.25, 0.3) is 0 Å². The molecule has 2 aromatic rings. The first-order valence-electron chi connectivity index (χ1n) is 7.29. The highest BCUT2D eigenvalue weighted by Crippen LogP contribution is 2.40. The molecule has 3 rings (SSSR count). The Hall–Kier alpha value is -1.14. The molecule has 0 spiro atoms. The first-order chi connectivity index (χ1) is 10.2. The zero-order valence-electron chi connectivity index (χ0n) is 12.2. The van der Waals surface area contributed by atoms with Crippen LogP contribution in [0.2, 0.25) is 0 Å². The molecule has 0 N–H and O–H groups in total. The average Bonchev–Trinajstić information content (AvgIpc) is 2.87. The molecular weight excluding hydrogens is 304 g/mol. The van der Waals surface area contributed by atoms with Crippen molar-refractivity contribution in [3.8, 4) is 0 Å². The van der Waals surface area contributed by atoms with Gasteiger partial charge in [-0.05, 0) is 45.1 Å². The smallest absolute Gasteiger partial charge is 0.319 e. The maximum Gasteiger partial charge on any atom is 0.319 e. The predicted octanol–water partition coefficient (Wildman–Crippen LogP) is 3.61. The molecule has 1 aliphatic rings. The molecule has 0 radical (unpaired) electrons. The molecule has 0 aliphatic heterocycles. The fourth-order valence-corrected chi connectivity index (χ4v) is 4.86. The van der Waals surface area contributed by atoms with Gasteiger partial charge in [0.2, 0.25) is 0 Å². The minimum Gasteiger partial charge on any atom is -0.465 e. The van der Waals surface area contributed by atoms with Crippen LogP contribution < -0.4 is 0 Å². The van der Waals surface area contributed by atoms with Gasteiger partial charge in [-0.1, -0.05) is 11.8 Å². The molecule has 1 unspecified atom stereocenters.